The molecule has 0 saturated carbocycles. The minimum Gasteiger partial charge on any atom is -0.300 e. The number of Topliss-reactive ketones (excluding diaryl/α,β-unsaturated/α-hetero) is 1. The predicted octanol–water partition coefficient (Wildman–Crippen LogP) is 1.62. The molecule has 2 heterocycles. The van der Waals surface area contributed by atoms with Gasteiger partial charge in [0.25, 0.3) is 0 Å². The van der Waals surface area contributed by atoms with E-state index in [0.717, 1.165) is 15.7 Å². The molecule has 0 fully saturated rings. The van der Waals surface area contributed by atoms with Crippen molar-refractivity contribution in [2.45, 2.75) is 13.3 Å². The maximum atomic E-state index is 10.9. The highest BCUT2D eigenvalue weighted by atomic mass is 79.9. The molecule has 2 rings (SSSR count). The number of nitrogens with zero attached hydrogens (tertiary/aromatic N) is 3. The second-order valence-corrected chi connectivity index (χ2v) is 4.00. The fraction of sp³-hybridized carbons (Fsp3) is 0.222. The van der Waals surface area contributed by atoms with Gasteiger partial charge in [-0.25, -0.2) is 9.50 Å². The smallest absolute Gasteiger partial charge is 0.158 e. The highest BCUT2D eigenvalue weighted by molar-refractivity contribution is 9.10. The second-order valence-electron chi connectivity index (χ2n) is 3.09. The molecule has 14 heavy (non-hydrogen) atoms. The number of carbonyl (C=O) groups excluding carboxylic acids is 1. The van der Waals surface area contributed by atoms with Gasteiger partial charge in [0.05, 0.1) is 10.7 Å². The summed E-state index contributed by atoms with van der Waals surface area (Å²) in [5.41, 5.74) is 1.61. The lowest BCUT2D eigenvalue weighted by molar-refractivity contribution is -0.116. The molecule has 0 aliphatic heterocycles. The molecule has 0 N–H and O–H groups in total. The number of aromatic nitrogens is 3. The van der Waals surface area contributed by atoms with E-state index in [4.69, 9.17) is 0 Å². The molecule has 0 aromatic carbocycles. The van der Waals surface area contributed by atoms with Gasteiger partial charge in [0.1, 0.15) is 5.78 Å². The van der Waals surface area contributed by atoms with Crippen molar-refractivity contribution in [2.75, 3.05) is 0 Å². The zero-order valence-corrected chi connectivity index (χ0v) is 9.15. The Bertz CT molecular complexity index is 492. The lowest BCUT2D eigenvalue weighted by atomic mass is 10.2. The third kappa shape index (κ3) is 1.68. The average Bonchev–Trinajstić information content (AvgIpc) is 2.47. The van der Waals surface area contributed by atoms with Crippen LogP contribution in [0, 0.1) is 0 Å². The van der Waals surface area contributed by atoms with Gasteiger partial charge in [-0.3, -0.25) is 4.79 Å². The van der Waals surface area contributed by atoms with E-state index in [0.29, 0.717) is 6.42 Å². The molecular formula is C9H8BrN3O. The molecule has 0 unspecified atom stereocenters. The zero-order chi connectivity index (χ0) is 10.1. The monoisotopic (exact) mass is 253 g/mol. The summed E-state index contributed by atoms with van der Waals surface area (Å²) >= 11 is 3.30. The van der Waals surface area contributed by atoms with Crippen LogP contribution in [-0.2, 0) is 11.2 Å². The van der Waals surface area contributed by atoms with E-state index in [1.54, 1.807) is 23.8 Å². The minimum atomic E-state index is 0.115. The van der Waals surface area contributed by atoms with E-state index < -0.39 is 0 Å². The van der Waals surface area contributed by atoms with Crippen LogP contribution >= 0.6 is 15.9 Å². The molecule has 0 aliphatic rings. The van der Waals surface area contributed by atoms with Gasteiger partial charge in [-0.05, 0) is 22.9 Å². The number of ketones is 1. The van der Waals surface area contributed by atoms with Crippen LogP contribution in [0.4, 0.5) is 0 Å². The fourth-order valence-electron chi connectivity index (χ4n) is 1.29. The van der Waals surface area contributed by atoms with Crippen LogP contribution in [0.25, 0.3) is 5.65 Å². The molecule has 0 bridgehead atoms. The van der Waals surface area contributed by atoms with Gasteiger partial charge in [-0.1, -0.05) is 0 Å². The standard InChI is InChI=1S/C9H8BrN3O/c1-6(14)2-7-3-12-13-5-8(10)4-11-9(7)13/h3-5H,2H2,1H3. The molecular weight excluding hydrogens is 246 g/mol. The van der Waals surface area contributed by atoms with Crippen molar-refractivity contribution >= 4 is 27.4 Å². The van der Waals surface area contributed by atoms with Crippen molar-refractivity contribution in [2.24, 2.45) is 0 Å². The van der Waals surface area contributed by atoms with Crippen molar-refractivity contribution in [3.05, 3.63) is 28.6 Å². The Morgan fingerprint density at radius 2 is 2.36 bits per heavy atom. The highest BCUT2D eigenvalue weighted by Gasteiger charge is 2.07. The molecule has 72 valence electrons. The Morgan fingerprint density at radius 1 is 1.57 bits per heavy atom. The summed E-state index contributed by atoms with van der Waals surface area (Å²) in [6, 6.07) is 0. The summed E-state index contributed by atoms with van der Waals surface area (Å²) in [7, 11) is 0. The zero-order valence-electron chi connectivity index (χ0n) is 7.57. The second kappa shape index (κ2) is 3.49. The molecule has 5 heteroatoms. The van der Waals surface area contributed by atoms with Crippen molar-refractivity contribution in [3.63, 3.8) is 0 Å². The fourth-order valence-corrected chi connectivity index (χ4v) is 1.59. The normalized spacial score (nSPS) is 10.7. The first-order valence-electron chi connectivity index (χ1n) is 4.14. The maximum absolute atomic E-state index is 10.9. The predicted molar refractivity (Wildman–Crippen MR) is 55.1 cm³/mol. The first-order valence-corrected chi connectivity index (χ1v) is 4.93. The van der Waals surface area contributed by atoms with Crippen LogP contribution in [0.15, 0.2) is 23.1 Å². The highest BCUT2D eigenvalue weighted by Crippen LogP contribution is 2.12. The largest absolute Gasteiger partial charge is 0.300 e. The number of halogens is 1. The minimum absolute atomic E-state index is 0.115. The van der Waals surface area contributed by atoms with Gasteiger partial charge in [0, 0.05) is 24.4 Å². The van der Waals surface area contributed by atoms with Crippen molar-refractivity contribution in [1.82, 2.24) is 14.6 Å². The quantitative estimate of drug-likeness (QED) is 0.818. The van der Waals surface area contributed by atoms with Crippen molar-refractivity contribution < 1.29 is 4.79 Å². The lowest BCUT2D eigenvalue weighted by Gasteiger charge is -1.95. The van der Waals surface area contributed by atoms with Crippen LogP contribution in [0.1, 0.15) is 12.5 Å². The van der Waals surface area contributed by atoms with E-state index in [1.807, 2.05) is 6.20 Å². The van der Waals surface area contributed by atoms with Crippen LogP contribution < -0.4 is 0 Å². The van der Waals surface area contributed by atoms with Gasteiger partial charge in [-0.2, -0.15) is 5.10 Å². The number of rotatable bonds is 2. The van der Waals surface area contributed by atoms with E-state index in [9.17, 15) is 4.79 Å². The summed E-state index contributed by atoms with van der Waals surface area (Å²) in [6.07, 6.45) is 5.57. The first-order chi connectivity index (χ1) is 6.66. The average molecular weight is 254 g/mol. The van der Waals surface area contributed by atoms with Gasteiger partial charge < -0.3 is 0 Å². The van der Waals surface area contributed by atoms with Gasteiger partial charge >= 0.3 is 0 Å². The molecule has 4 nitrogen and oxygen atoms in total. The Morgan fingerprint density at radius 3 is 3.07 bits per heavy atom. The van der Waals surface area contributed by atoms with E-state index in [1.165, 1.54) is 0 Å². The molecule has 0 spiro atoms. The van der Waals surface area contributed by atoms with Gasteiger partial charge in [0.15, 0.2) is 5.65 Å². The molecule has 0 amide bonds. The molecule has 2 aromatic rings. The van der Waals surface area contributed by atoms with Gasteiger partial charge in [-0.15, -0.1) is 0 Å². The summed E-state index contributed by atoms with van der Waals surface area (Å²) in [4.78, 5) is 15.1. The Kier molecular flexibility index (Phi) is 2.33. The topological polar surface area (TPSA) is 47.3 Å². The number of carbonyl (C=O) groups is 1. The van der Waals surface area contributed by atoms with Crippen LogP contribution in [0.5, 0.6) is 0 Å². The Labute approximate surface area is 89.1 Å². The lowest BCUT2D eigenvalue weighted by Crippen LogP contribution is -1.97. The van der Waals surface area contributed by atoms with Gasteiger partial charge in [0.2, 0.25) is 0 Å². The van der Waals surface area contributed by atoms with Crippen LogP contribution in [-0.4, -0.2) is 20.4 Å². The number of hydrogen-bond donors (Lipinski definition) is 0. The number of fused-ring (bicyclic) bond motifs is 1. The van der Waals surface area contributed by atoms with E-state index in [-0.39, 0.29) is 5.78 Å². The molecule has 0 aliphatic carbocycles. The first kappa shape index (κ1) is 9.33. The van der Waals surface area contributed by atoms with E-state index in [2.05, 4.69) is 26.0 Å². The van der Waals surface area contributed by atoms with Crippen molar-refractivity contribution in [1.29, 1.82) is 0 Å². The third-order valence-corrected chi connectivity index (χ3v) is 2.25. The third-order valence-electron chi connectivity index (χ3n) is 1.84. The summed E-state index contributed by atoms with van der Waals surface area (Å²) < 4.78 is 2.52. The maximum Gasteiger partial charge on any atom is 0.158 e. The molecule has 0 atom stereocenters. The Balaban J connectivity index is 2.52. The van der Waals surface area contributed by atoms with Crippen LogP contribution in [0.3, 0.4) is 0 Å². The van der Waals surface area contributed by atoms with E-state index >= 15 is 0 Å². The SMILES string of the molecule is CC(=O)Cc1cnn2cc(Br)cnc12. The Hall–Kier alpha value is -1.23. The summed E-state index contributed by atoms with van der Waals surface area (Å²) in [5, 5.41) is 4.10. The summed E-state index contributed by atoms with van der Waals surface area (Å²) in [6.45, 7) is 1.56. The molecule has 0 radical (unpaired) electrons. The van der Waals surface area contributed by atoms with Crippen LogP contribution in [0.2, 0.25) is 0 Å². The van der Waals surface area contributed by atoms with Crippen molar-refractivity contribution in [3.8, 4) is 0 Å². The summed E-state index contributed by atoms with van der Waals surface area (Å²) in [5.74, 6) is 0.115. The molecule has 0 saturated heterocycles. The molecule has 2 aromatic heterocycles. The number of hydrogen-bond acceptors (Lipinski definition) is 3.